The van der Waals surface area contributed by atoms with E-state index < -0.39 is 17.6 Å². The van der Waals surface area contributed by atoms with E-state index in [1.54, 1.807) is 0 Å². The fourth-order valence-corrected chi connectivity index (χ4v) is 4.16. The van der Waals surface area contributed by atoms with Gasteiger partial charge in [0.05, 0.1) is 37.4 Å². The molecule has 1 aliphatic heterocycles. The molecule has 0 aliphatic carbocycles. The van der Waals surface area contributed by atoms with Gasteiger partial charge in [-0.25, -0.2) is 0 Å². The highest BCUT2D eigenvalue weighted by Gasteiger charge is 2.30. The van der Waals surface area contributed by atoms with Gasteiger partial charge in [-0.2, -0.15) is 13.2 Å². The first kappa shape index (κ1) is 23.1. The van der Waals surface area contributed by atoms with Gasteiger partial charge in [0.15, 0.2) is 0 Å². The van der Waals surface area contributed by atoms with Crippen LogP contribution in [0.4, 0.5) is 18.9 Å². The SMILES string of the molecule is Cc1c(C(=O)Nc2cccc(C(F)(F)F)c2)cc(-c2ccccc2)n1CC[NH+]1CCOCC1. The van der Waals surface area contributed by atoms with Crippen LogP contribution in [-0.2, 0) is 17.5 Å². The summed E-state index contributed by atoms with van der Waals surface area (Å²) in [6.07, 6.45) is -4.47. The Labute approximate surface area is 190 Å². The highest BCUT2D eigenvalue weighted by Crippen LogP contribution is 2.31. The maximum Gasteiger partial charge on any atom is 0.416 e. The molecule has 1 saturated heterocycles. The van der Waals surface area contributed by atoms with E-state index in [-0.39, 0.29) is 5.69 Å². The monoisotopic (exact) mass is 458 g/mol. The number of aromatic nitrogens is 1. The van der Waals surface area contributed by atoms with Crippen molar-refractivity contribution in [3.05, 3.63) is 77.5 Å². The van der Waals surface area contributed by atoms with Crippen molar-refractivity contribution < 1.29 is 27.6 Å². The van der Waals surface area contributed by atoms with Crippen LogP contribution in [0.25, 0.3) is 11.3 Å². The van der Waals surface area contributed by atoms with Crippen LogP contribution in [-0.4, -0.2) is 43.3 Å². The Morgan fingerprint density at radius 3 is 2.48 bits per heavy atom. The van der Waals surface area contributed by atoms with E-state index in [0.717, 1.165) is 68.5 Å². The predicted octanol–water partition coefficient (Wildman–Crippen LogP) is 3.65. The lowest BCUT2D eigenvalue weighted by Gasteiger charge is -2.24. The van der Waals surface area contributed by atoms with Crippen LogP contribution in [0.5, 0.6) is 0 Å². The molecule has 0 spiro atoms. The van der Waals surface area contributed by atoms with Crippen molar-refractivity contribution in [3.8, 4) is 11.3 Å². The number of carbonyl (C=O) groups excluding carboxylic acids is 1. The zero-order chi connectivity index (χ0) is 23.4. The average Bonchev–Trinajstić information content (AvgIpc) is 3.15. The van der Waals surface area contributed by atoms with Crippen molar-refractivity contribution in [3.63, 3.8) is 0 Å². The number of morpholine rings is 1. The first-order valence-electron chi connectivity index (χ1n) is 11.0. The molecule has 0 atom stereocenters. The van der Waals surface area contributed by atoms with Crippen LogP contribution in [0.2, 0.25) is 0 Å². The van der Waals surface area contributed by atoms with Crippen LogP contribution < -0.4 is 10.2 Å². The molecular weight excluding hydrogens is 431 g/mol. The molecular formula is C25H27F3N3O2+. The van der Waals surface area contributed by atoms with Crippen molar-refractivity contribution in [2.75, 3.05) is 38.2 Å². The Bertz CT molecular complexity index is 1100. The van der Waals surface area contributed by atoms with Gasteiger partial charge in [0.25, 0.3) is 5.91 Å². The average molecular weight is 459 g/mol. The molecule has 2 aromatic carbocycles. The van der Waals surface area contributed by atoms with Gasteiger partial charge < -0.3 is 19.5 Å². The summed E-state index contributed by atoms with van der Waals surface area (Å²) in [5, 5.41) is 2.64. The van der Waals surface area contributed by atoms with E-state index in [0.29, 0.717) is 5.56 Å². The van der Waals surface area contributed by atoms with Gasteiger partial charge in [0, 0.05) is 17.1 Å². The van der Waals surface area contributed by atoms with Gasteiger partial charge in [-0.05, 0) is 36.8 Å². The molecule has 0 radical (unpaired) electrons. The standard InChI is InChI=1S/C25H26F3N3O2/c1-18-22(24(32)29-21-9-5-8-20(16-21)25(26,27)28)17-23(19-6-3-2-4-7-19)31(18)11-10-30-12-14-33-15-13-30/h2-9,16-17H,10-15H2,1H3,(H,29,32)/p+1. The number of carbonyl (C=O) groups is 1. The topological polar surface area (TPSA) is 47.7 Å². The third kappa shape index (κ3) is 5.46. The molecule has 0 saturated carbocycles. The van der Waals surface area contributed by atoms with Gasteiger partial charge in [0.1, 0.15) is 13.1 Å². The third-order valence-corrected chi connectivity index (χ3v) is 6.02. The van der Waals surface area contributed by atoms with Gasteiger partial charge in [0.2, 0.25) is 0 Å². The molecule has 1 aromatic heterocycles. The maximum absolute atomic E-state index is 13.1. The molecule has 0 unspecified atom stereocenters. The number of anilines is 1. The molecule has 1 fully saturated rings. The summed E-state index contributed by atoms with van der Waals surface area (Å²) in [6, 6.07) is 16.3. The minimum atomic E-state index is -4.47. The van der Waals surface area contributed by atoms with Gasteiger partial charge in [-0.15, -0.1) is 0 Å². The highest BCUT2D eigenvalue weighted by atomic mass is 19.4. The van der Waals surface area contributed by atoms with Crippen molar-refractivity contribution in [2.24, 2.45) is 0 Å². The minimum absolute atomic E-state index is 0.112. The predicted molar refractivity (Wildman–Crippen MR) is 120 cm³/mol. The third-order valence-electron chi connectivity index (χ3n) is 6.02. The minimum Gasteiger partial charge on any atom is -0.370 e. The van der Waals surface area contributed by atoms with Gasteiger partial charge >= 0.3 is 6.18 Å². The molecule has 8 heteroatoms. The second-order valence-corrected chi connectivity index (χ2v) is 8.19. The molecule has 174 valence electrons. The van der Waals surface area contributed by atoms with Gasteiger partial charge in [-0.3, -0.25) is 4.79 Å². The van der Waals surface area contributed by atoms with Crippen LogP contribution in [0.3, 0.4) is 0 Å². The summed E-state index contributed by atoms with van der Waals surface area (Å²) < 4.78 is 46.7. The first-order chi connectivity index (χ1) is 15.8. The van der Waals surface area contributed by atoms with E-state index in [1.165, 1.54) is 17.0 Å². The summed E-state index contributed by atoms with van der Waals surface area (Å²) in [5.74, 6) is -0.429. The molecule has 4 rings (SSSR count). The number of nitrogens with zero attached hydrogens (tertiary/aromatic N) is 1. The first-order valence-corrected chi connectivity index (χ1v) is 11.0. The molecule has 2 heterocycles. The number of rotatable bonds is 6. The molecule has 0 bridgehead atoms. The van der Waals surface area contributed by atoms with E-state index >= 15 is 0 Å². The Morgan fingerprint density at radius 1 is 1.06 bits per heavy atom. The number of benzene rings is 2. The second-order valence-electron chi connectivity index (χ2n) is 8.19. The number of alkyl halides is 3. The molecule has 2 N–H and O–H groups in total. The van der Waals surface area contributed by atoms with Crippen molar-refractivity contribution >= 4 is 11.6 Å². The smallest absolute Gasteiger partial charge is 0.370 e. The summed E-state index contributed by atoms with van der Waals surface area (Å²) in [4.78, 5) is 14.5. The maximum atomic E-state index is 13.1. The molecule has 3 aromatic rings. The Balaban J connectivity index is 1.61. The van der Waals surface area contributed by atoms with E-state index in [2.05, 4.69) is 9.88 Å². The molecule has 33 heavy (non-hydrogen) atoms. The summed E-state index contributed by atoms with van der Waals surface area (Å²) in [6.45, 7) is 6.89. The number of hydrogen-bond acceptors (Lipinski definition) is 2. The van der Waals surface area contributed by atoms with Crippen molar-refractivity contribution in [2.45, 2.75) is 19.6 Å². The Hall–Kier alpha value is -3.10. The molecule has 1 aliphatic rings. The second kappa shape index (κ2) is 9.80. The van der Waals surface area contributed by atoms with E-state index in [9.17, 15) is 18.0 Å². The Kier molecular flexibility index (Phi) is 6.85. The molecule has 1 amide bonds. The van der Waals surface area contributed by atoms with Crippen LogP contribution in [0.1, 0.15) is 21.6 Å². The summed E-state index contributed by atoms with van der Waals surface area (Å²) in [5.41, 5.74) is 2.44. The lowest BCUT2D eigenvalue weighted by atomic mass is 10.1. The summed E-state index contributed by atoms with van der Waals surface area (Å²) in [7, 11) is 0. The van der Waals surface area contributed by atoms with Crippen LogP contribution in [0.15, 0.2) is 60.7 Å². The lowest BCUT2D eigenvalue weighted by molar-refractivity contribution is -0.908. The highest BCUT2D eigenvalue weighted by molar-refractivity contribution is 6.06. The summed E-state index contributed by atoms with van der Waals surface area (Å²) >= 11 is 0. The van der Waals surface area contributed by atoms with E-state index in [1.807, 2.05) is 43.3 Å². The van der Waals surface area contributed by atoms with Gasteiger partial charge in [-0.1, -0.05) is 36.4 Å². The van der Waals surface area contributed by atoms with E-state index in [4.69, 9.17) is 4.74 Å². The van der Waals surface area contributed by atoms with Crippen LogP contribution in [0, 0.1) is 6.92 Å². The normalized spacial score (nSPS) is 14.9. The quantitative estimate of drug-likeness (QED) is 0.593. The largest absolute Gasteiger partial charge is 0.416 e. The number of halogens is 3. The number of ether oxygens (including phenoxy) is 1. The number of quaternary nitrogens is 1. The number of amides is 1. The number of hydrogen-bond donors (Lipinski definition) is 2. The van der Waals surface area contributed by atoms with Crippen LogP contribution >= 0.6 is 0 Å². The van der Waals surface area contributed by atoms with Crippen molar-refractivity contribution in [1.82, 2.24) is 4.57 Å². The lowest BCUT2D eigenvalue weighted by Crippen LogP contribution is -3.14. The fraction of sp³-hybridized carbons (Fsp3) is 0.320. The Morgan fingerprint density at radius 2 is 1.79 bits per heavy atom. The zero-order valence-corrected chi connectivity index (χ0v) is 18.4. The molecule has 5 nitrogen and oxygen atoms in total. The zero-order valence-electron chi connectivity index (χ0n) is 18.4. The fourth-order valence-electron chi connectivity index (χ4n) is 4.16. The number of nitrogens with one attached hydrogen (secondary N) is 2. The van der Waals surface area contributed by atoms with Crippen molar-refractivity contribution in [1.29, 1.82) is 0 Å².